The number of hydrogen-bond acceptors (Lipinski definition) is 6. The Morgan fingerprint density at radius 2 is 1.90 bits per heavy atom. The summed E-state index contributed by atoms with van der Waals surface area (Å²) in [6.45, 7) is 5.94. The minimum Gasteiger partial charge on any atom is -0.320 e. The van der Waals surface area contributed by atoms with Gasteiger partial charge in [-0.3, -0.25) is 9.59 Å². The minimum absolute atomic E-state index is 0.0999. The minimum atomic E-state index is -0.539. The van der Waals surface area contributed by atoms with Crippen LogP contribution in [0.15, 0.2) is 47.3 Å². The predicted octanol–water partition coefficient (Wildman–Crippen LogP) is 2.73. The van der Waals surface area contributed by atoms with E-state index in [1.807, 2.05) is 13.8 Å². The van der Waals surface area contributed by atoms with E-state index in [1.165, 1.54) is 27.6 Å². The van der Waals surface area contributed by atoms with Crippen LogP contribution in [0, 0.1) is 18.7 Å². The van der Waals surface area contributed by atoms with Gasteiger partial charge in [-0.05, 0) is 47.5 Å². The second-order valence-electron chi connectivity index (χ2n) is 7.53. The van der Waals surface area contributed by atoms with E-state index in [0.717, 1.165) is 0 Å². The average Bonchev–Trinajstić information content (AvgIpc) is 3.17. The third-order valence-electron chi connectivity index (χ3n) is 4.68. The van der Waals surface area contributed by atoms with Crippen molar-refractivity contribution >= 4 is 22.4 Å². The van der Waals surface area contributed by atoms with Crippen LogP contribution in [-0.4, -0.2) is 35.9 Å². The highest BCUT2D eigenvalue weighted by Gasteiger charge is 2.18. The number of aryl methyl sites for hydroxylation is 1. The molecule has 158 valence electrons. The molecule has 1 amide bonds. The zero-order valence-corrected chi connectivity index (χ0v) is 17.2. The fourth-order valence-corrected chi connectivity index (χ4v) is 3.27. The molecule has 0 saturated heterocycles. The van der Waals surface area contributed by atoms with Gasteiger partial charge in [0.25, 0.3) is 11.5 Å². The van der Waals surface area contributed by atoms with Crippen LogP contribution in [0.3, 0.4) is 0 Å². The zero-order chi connectivity index (χ0) is 22.1. The van der Waals surface area contributed by atoms with Crippen molar-refractivity contribution in [3.05, 3.63) is 70.2 Å². The van der Waals surface area contributed by atoms with Gasteiger partial charge in [0.15, 0.2) is 11.5 Å². The Morgan fingerprint density at radius 3 is 2.58 bits per heavy atom. The third-order valence-corrected chi connectivity index (χ3v) is 4.68. The van der Waals surface area contributed by atoms with Crippen LogP contribution >= 0.6 is 0 Å². The summed E-state index contributed by atoms with van der Waals surface area (Å²) in [4.78, 5) is 25.8. The predicted molar refractivity (Wildman–Crippen MR) is 113 cm³/mol. The molecular weight excluding hydrogens is 401 g/mol. The van der Waals surface area contributed by atoms with Crippen molar-refractivity contribution in [1.29, 1.82) is 0 Å². The Morgan fingerprint density at radius 1 is 1.16 bits per heavy atom. The van der Waals surface area contributed by atoms with Gasteiger partial charge in [-0.1, -0.05) is 32.0 Å². The standard InChI is InChI=1S/C21H20FN7O2/c1-12(2)11-28-21(31)16-7-5-4-6-15(16)19(25-28)20(30)23-14-8-9-17(22)18(10-14)29-13(3)24-26-27-29/h4-10,12H,11H2,1-3H3,(H,23,30). The molecule has 0 radical (unpaired) electrons. The maximum atomic E-state index is 14.3. The van der Waals surface area contributed by atoms with E-state index in [9.17, 15) is 14.0 Å². The lowest BCUT2D eigenvalue weighted by molar-refractivity contribution is 0.102. The molecule has 0 spiro atoms. The summed E-state index contributed by atoms with van der Waals surface area (Å²) >= 11 is 0. The van der Waals surface area contributed by atoms with Crippen LogP contribution < -0.4 is 10.9 Å². The largest absolute Gasteiger partial charge is 0.320 e. The summed E-state index contributed by atoms with van der Waals surface area (Å²) in [6.07, 6.45) is 0. The Bertz CT molecular complexity index is 1340. The molecule has 0 aliphatic heterocycles. The highest BCUT2D eigenvalue weighted by Crippen LogP contribution is 2.21. The topological polar surface area (TPSA) is 108 Å². The molecule has 4 rings (SSSR count). The number of rotatable bonds is 5. The van der Waals surface area contributed by atoms with Gasteiger partial charge in [-0.25, -0.2) is 9.07 Å². The first-order valence-corrected chi connectivity index (χ1v) is 9.71. The number of hydrogen-bond donors (Lipinski definition) is 1. The van der Waals surface area contributed by atoms with Crippen molar-refractivity contribution in [3.8, 4) is 5.69 Å². The number of aromatic nitrogens is 6. The van der Waals surface area contributed by atoms with Crippen molar-refractivity contribution in [2.45, 2.75) is 27.3 Å². The van der Waals surface area contributed by atoms with E-state index < -0.39 is 11.7 Å². The zero-order valence-electron chi connectivity index (χ0n) is 17.2. The van der Waals surface area contributed by atoms with E-state index in [-0.39, 0.29) is 22.9 Å². The molecule has 1 N–H and O–H groups in total. The highest BCUT2D eigenvalue weighted by atomic mass is 19.1. The molecule has 0 aliphatic rings. The van der Waals surface area contributed by atoms with Crippen LogP contribution in [0.4, 0.5) is 10.1 Å². The Labute approximate surface area is 176 Å². The molecule has 0 saturated carbocycles. The van der Waals surface area contributed by atoms with Gasteiger partial charge in [0.05, 0.1) is 5.39 Å². The first-order chi connectivity index (χ1) is 14.8. The van der Waals surface area contributed by atoms with Crippen LogP contribution in [0.1, 0.15) is 30.2 Å². The molecule has 9 nitrogen and oxygen atoms in total. The fraction of sp³-hybridized carbons (Fsp3) is 0.238. The van der Waals surface area contributed by atoms with Crippen molar-refractivity contribution in [1.82, 2.24) is 30.0 Å². The molecule has 2 heterocycles. The van der Waals surface area contributed by atoms with Gasteiger partial charge in [0.2, 0.25) is 0 Å². The molecule has 0 aliphatic carbocycles. The second kappa shape index (κ2) is 8.05. The van der Waals surface area contributed by atoms with Gasteiger partial charge >= 0.3 is 0 Å². The smallest absolute Gasteiger partial charge is 0.276 e. The Balaban J connectivity index is 1.75. The lowest BCUT2D eigenvalue weighted by atomic mass is 10.1. The normalized spacial score (nSPS) is 11.3. The Kier molecular flexibility index (Phi) is 5.28. The summed E-state index contributed by atoms with van der Waals surface area (Å²) in [7, 11) is 0. The molecule has 0 atom stereocenters. The van der Waals surface area contributed by atoms with E-state index in [1.54, 1.807) is 31.2 Å². The molecule has 31 heavy (non-hydrogen) atoms. The summed E-state index contributed by atoms with van der Waals surface area (Å²) in [5.74, 6) is -0.487. The van der Waals surface area contributed by atoms with E-state index in [0.29, 0.717) is 28.8 Å². The van der Waals surface area contributed by atoms with Crippen molar-refractivity contribution in [2.24, 2.45) is 5.92 Å². The molecule has 10 heteroatoms. The summed E-state index contributed by atoms with van der Waals surface area (Å²) in [5.41, 5.74) is 0.297. The molecule has 2 aromatic carbocycles. The number of anilines is 1. The number of amides is 1. The number of benzene rings is 2. The van der Waals surface area contributed by atoms with E-state index in [4.69, 9.17) is 0 Å². The number of halogens is 1. The van der Waals surface area contributed by atoms with Gasteiger partial charge in [-0.2, -0.15) is 9.78 Å². The average molecular weight is 421 g/mol. The number of tetrazole rings is 1. The van der Waals surface area contributed by atoms with Crippen LogP contribution in [-0.2, 0) is 6.54 Å². The maximum absolute atomic E-state index is 14.3. The fourth-order valence-electron chi connectivity index (χ4n) is 3.27. The molecule has 0 bridgehead atoms. The van der Waals surface area contributed by atoms with Crippen molar-refractivity contribution in [3.63, 3.8) is 0 Å². The molecule has 0 unspecified atom stereocenters. The number of nitrogens with zero attached hydrogens (tertiary/aromatic N) is 6. The van der Waals surface area contributed by atoms with Gasteiger partial charge in [0, 0.05) is 17.6 Å². The number of nitrogens with one attached hydrogen (secondary N) is 1. The molecule has 0 fully saturated rings. The third kappa shape index (κ3) is 3.91. The molecular formula is C21H20FN7O2. The van der Waals surface area contributed by atoms with Crippen LogP contribution in [0.2, 0.25) is 0 Å². The SMILES string of the molecule is Cc1nnnn1-c1cc(NC(=O)c2nn(CC(C)C)c(=O)c3ccccc23)ccc1F. The van der Waals surface area contributed by atoms with Crippen LogP contribution in [0.25, 0.3) is 16.5 Å². The number of fused-ring (bicyclic) bond motifs is 1. The lowest BCUT2D eigenvalue weighted by Crippen LogP contribution is -2.29. The first-order valence-electron chi connectivity index (χ1n) is 9.71. The second-order valence-corrected chi connectivity index (χ2v) is 7.53. The van der Waals surface area contributed by atoms with Gasteiger partial charge < -0.3 is 5.32 Å². The maximum Gasteiger partial charge on any atom is 0.276 e. The molecule has 2 aromatic heterocycles. The van der Waals surface area contributed by atoms with Gasteiger partial charge in [0.1, 0.15) is 11.5 Å². The van der Waals surface area contributed by atoms with E-state index >= 15 is 0 Å². The van der Waals surface area contributed by atoms with Crippen LogP contribution in [0.5, 0.6) is 0 Å². The lowest BCUT2D eigenvalue weighted by Gasteiger charge is -2.13. The van der Waals surface area contributed by atoms with Crippen molar-refractivity contribution < 1.29 is 9.18 Å². The first kappa shape index (κ1) is 20.3. The number of carbonyl (C=O) groups is 1. The van der Waals surface area contributed by atoms with Crippen molar-refractivity contribution in [2.75, 3.05) is 5.32 Å². The molecule has 4 aromatic rings. The quantitative estimate of drug-likeness (QED) is 0.531. The summed E-state index contributed by atoms with van der Waals surface area (Å²) in [5, 5.41) is 19.0. The van der Waals surface area contributed by atoms with Gasteiger partial charge in [-0.15, -0.1) is 5.10 Å². The monoisotopic (exact) mass is 421 g/mol. The van der Waals surface area contributed by atoms with E-state index in [2.05, 4.69) is 25.9 Å². The Hall–Kier alpha value is -3.95. The highest BCUT2D eigenvalue weighted by molar-refractivity contribution is 6.11. The summed E-state index contributed by atoms with van der Waals surface area (Å²) < 4.78 is 16.9. The number of carbonyl (C=O) groups excluding carboxylic acids is 1. The summed E-state index contributed by atoms with van der Waals surface area (Å²) in [6, 6.07) is 10.9.